The van der Waals surface area contributed by atoms with Crippen LogP contribution in [0.15, 0.2) is 53.4 Å². The average molecular weight is 301 g/mol. The molecule has 0 saturated heterocycles. The van der Waals surface area contributed by atoms with Gasteiger partial charge in [-0.1, -0.05) is 24.3 Å². The molecule has 1 N–H and O–H groups in total. The summed E-state index contributed by atoms with van der Waals surface area (Å²) >= 11 is 1.68. The van der Waals surface area contributed by atoms with Gasteiger partial charge in [-0.25, -0.2) is 0 Å². The largest absolute Gasteiger partial charge is 0.495 e. The van der Waals surface area contributed by atoms with Gasteiger partial charge in [0.15, 0.2) is 0 Å². The number of amides is 1. The highest BCUT2D eigenvalue weighted by atomic mass is 32.2. The van der Waals surface area contributed by atoms with Gasteiger partial charge < -0.3 is 10.1 Å². The number of nitrogens with one attached hydrogen (secondary N) is 1. The second-order valence-corrected chi connectivity index (χ2v) is 5.83. The van der Waals surface area contributed by atoms with Gasteiger partial charge in [-0.3, -0.25) is 4.79 Å². The van der Waals surface area contributed by atoms with Crippen molar-refractivity contribution in [2.75, 3.05) is 18.2 Å². The van der Waals surface area contributed by atoms with Crippen molar-refractivity contribution in [3.8, 4) is 5.75 Å². The molecule has 2 aromatic carbocycles. The Bertz CT molecular complexity index is 599. The number of ether oxygens (including phenoxy) is 1. The molecule has 0 atom stereocenters. The molecule has 0 aliphatic carbocycles. The van der Waals surface area contributed by atoms with E-state index in [2.05, 4.69) is 5.32 Å². The van der Waals surface area contributed by atoms with Gasteiger partial charge >= 0.3 is 0 Å². The number of thioether (sulfide) groups is 1. The van der Waals surface area contributed by atoms with Gasteiger partial charge in [0.2, 0.25) is 5.91 Å². The zero-order valence-electron chi connectivity index (χ0n) is 12.3. The van der Waals surface area contributed by atoms with Gasteiger partial charge in [-0.15, -0.1) is 11.8 Å². The van der Waals surface area contributed by atoms with Gasteiger partial charge in [-0.2, -0.15) is 0 Å². The summed E-state index contributed by atoms with van der Waals surface area (Å²) in [5, 5.41) is 2.91. The smallest absolute Gasteiger partial charge is 0.225 e. The van der Waals surface area contributed by atoms with Crippen molar-refractivity contribution in [1.29, 1.82) is 0 Å². The molecule has 0 bridgehead atoms. The minimum atomic E-state index is 0.00216. The quantitative estimate of drug-likeness (QED) is 0.815. The van der Waals surface area contributed by atoms with Crippen LogP contribution in [0, 0.1) is 6.92 Å². The van der Waals surface area contributed by atoms with E-state index in [-0.39, 0.29) is 5.91 Å². The van der Waals surface area contributed by atoms with Crippen molar-refractivity contribution in [3.63, 3.8) is 0 Å². The summed E-state index contributed by atoms with van der Waals surface area (Å²) in [5.41, 5.74) is 1.82. The molecule has 0 aliphatic rings. The molecule has 2 rings (SSSR count). The second-order valence-electron chi connectivity index (χ2n) is 4.66. The molecule has 0 aliphatic heterocycles. The maximum Gasteiger partial charge on any atom is 0.225 e. The lowest BCUT2D eigenvalue weighted by molar-refractivity contribution is -0.115. The van der Waals surface area contributed by atoms with Crippen molar-refractivity contribution in [3.05, 3.63) is 54.1 Å². The van der Waals surface area contributed by atoms with Crippen LogP contribution in [0.2, 0.25) is 0 Å². The Balaban J connectivity index is 1.86. The van der Waals surface area contributed by atoms with Gasteiger partial charge in [0.1, 0.15) is 5.75 Å². The monoisotopic (exact) mass is 301 g/mol. The number of rotatable bonds is 6. The minimum absolute atomic E-state index is 0.00216. The molecule has 4 heteroatoms. The predicted octanol–water partition coefficient (Wildman–Crippen LogP) is 4.12. The lowest BCUT2D eigenvalue weighted by atomic mass is 10.2. The molecule has 1 amide bonds. The van der Waals surface area contributed by atoms with Crippen LogP contribution in [0.4, 0.5) is 5.69 Å². The van der Waals surface area contributed by atoms with Crippen LogP contribution in [0.5, 0.6) is 5.75 Å². The molecule has 0 heterocycles. The number of anilines is 1. The number of benzene rings is 2. The molecule has 0 radical (unpaired) electrons. The highest BCUT2D eigenvalue weighted by molar-refractivity contribution is 7.99. The van der Waals surface area contributed by atoms with Gasteiger partial charge in [0.25, 0.3) is 0 Å². The van der Waals surface area contributed by atoms with Crippen molar-refractivity contribution < 1.29 is 9.53 Å². The predicted molar refractivity (Wildman–Crippen MR) is 88.1 cm³/mol. The molecule has 0 unspecified atom stereocenters. The highest BCUT2D eigenvalue weighted by Gasteiger charge is 2.08. The summed E-state index contributed by atoms with van der Waals surface area (Å²) in [6.07, 6.45) is 0.469. The van der Waals surface area contributed by atoms with Gasteiger partial charge in [0, 0.05) is 17.1 Å². The first-order valence-electron chi connectivity index (χ1n) is 6.81. The molecule has 3 nitrogen and oxygen atoms in total. The maximum atomic E-state index is 12.0. The van der Waals surface area contributed by atoms with Crippen LogP contribution >= 0.6 is 11.8 Å². The molecular formula is C17H19NO2S. The van der Waals surface area contributed by atoms with Crippen molar-refractivity contribution in [2.45, 2.75) is 18.2 Å². The van der Waals surface area contributed by atoms with E-state index in [9.17, 15) is 4.79 Å². The maximum absolute atomic E-state index is 12.0. The summed E-state index contributed by atoms with van der Waals surface area (Å²) in [6, 6.07) is 15.8. The Morgan fingerprint density at radius 2 is 1.95 bits per heavy atom. The SMILES string of the molecule is COc1ccc(C)cc1NC(=O)CCSc1ccccc1. The first-order valence-corrected chi connectivity index (χ1v) is 7.80. The fourth-order valence-corrected chi connectivity index (χ4v) is 2.78. The van der Waals surface area contributed by atoms with Crippen molar-refractivity contribution in [1.82, 2.24) is 0 Å². The zero-order valence-corrected chi connectivity index (χ0v) is 13.1. The highest BCUT2D eigenvalue weighted by Crippen LogP contribution is 2.25. The average Bonchev–Trinajstić information content (AvgIpc) is 2.48. The third-order valence-corrected chi connectivity index (χ3v) is 3.98. The number of methoxy groups -OCH3 is 1. The Kier molecular flexibility index (Phi) is 5.69. The number of aryl methyl sites for hydroxylation is 1. The Labute approximate surface area is 129 Å². The summed E-state index contributed by atoms with van der Waals surface area (Å²) < 4.78 is 5.26. The summed E-state index contributed by atoms with van der Waals surface area (Å²) in [5.74, 6) is 1.44. The van der Waals surface area contributed by atoms with Crippen LogP contribution in [-0.4, -0.2) is 18.8 Å². The molecule has 0 fully saturated rings. The first-order chi connectivity index (χ1) is 10.2. The molecule has 2 aromatic rings. The summed E-state index contributed by atoms with van der Waals surface area (Å²) in [7, 11) is 1.60. The molecule has 0 spiro atoms. The normalized spacial score (nSPS) is 10.2. The number of carbonyl (C=O) groups excluding carboxylic acids is 1. The lowest BCUT2D eigenvalue weighted by Crippen LogP contribution is -2.13. The molecule has 110 valence electrons. The van der Waals surface area contributed by atoms with E-state index in [1.807, 2.05) is 55.5 Å². The Morgan fingerprint density at radius 1 is 1.19 bits per heavy atom. The van der Waals surface area contributed by atoms with E-state index in [1.165, 1.54) is 4.90 Å². The molecule has 0 saturated carbocycles. The third kappa shape index (κ3) is 4.83. The fraction of sp³-hybridized carbons (Fsp3) is 0.235. The van der Waals surface area contributed by atoms with Crippen LogP contribution in [0.1, 0.15) is 12.0 Å². The zero-order chi connectivity index (χ0) is 15.1. The molecule has 0 aromatic heterocycles. The van der Waals surface area contributed by atoms with E-state index in [0.29, 0.717) is 12.2 Å². The van der Waals surface area contributed by atoms with Crippen LogP contribution < -0.4 is 10.1 Å². The Morgan fingerprint density at radius 3 is 2.67 bits per heavy atom. The van der Waals surface area contributed by atoms with Crippen LogP contribution in [0.3, 0.4) is 0 Å². The third-order valence-electron chi connectivity index (χ3n) is 2.97. The lowest BCUT2D eigenvalue weighted by Gasteiger charge is -2.11. The number of hydrogen-bond donors (Lipinski definition) is 1. The van der Waals surface area contributed by atoms with Crippen molar-refractivity contribution >= 4 is 23.4 Å². The first kappa shape index (κ1) is 15.4. The number of carbonyl (C=O) groups is 1. The van der Waals surface area contributed by atoms with E-state index in [1.54, 1.807) is 18.9 Å². The topological polar surface area (TPSA) is 38.3 Å². The summed E-state index contributed by atoms with van der Waals surface area (Å²) in [4.78, 5) is 13.2. The van der Waals surface area contributed by atoms with Gasteiger partial charge in [-0.05, 0) is 36.8 Å². The summed E-state index contributed by atoms with van der Waals surface area (Å²) in [6.45, 7) is 1.99. The van der Waals surface area contributed by atoms with Crippen molar-refractivity contribution in [2.24, 2.45) is 0 Å². The number of hydrogen-bond acceptors (Lipinski definition) is 3. The van der Waals surface area contributed by atoms with E-state index in [0.717, 1.165) is 17.0 Å². The minimum Gasteiger partial charge on any atom is -0.495 e. The van der Waals surface area contributed by atoms with E-state index in [4.69, 9.17) is 4.74 Å². The molecular weight excluding hydrogens is 282 g/mol. The van der Waals surface area contributed by atoms with Gasteiger partial charge in [0.05, 0.1) is 12.8 Å². The molecule has 21 heavy (non-hydrogen) atoms. The Hall–Kier alpha value is -1.94. The van der Waals surface area contributed by atoms with E-state index >= 15 is 0 Å². The van der Waals surface area contributed by atoms with E-state index < -0.39 is 0 Å². The fourth-order valence-electron chi connectivity index (χ4n) is 1.91. The van der Waals surface area contributed by atoms with Crippen LogP contribution in [-0.2, 0) is 4.79 Å². The second kappa shape index (κ2) is 7.74. The van der Waals surface area contributed by atoms with Crippen LogP contribution in [0.25, 0.3) is 0 Å². The standard InChI is InChI=1S/C17H19NO2S/c1-13-8-9-16(20-2)15(12-13)18-17(19)10-11-21-14-6-4-3-5-7-14/h3-9,12H,10-11H2,1-2H3,(H,18,19).